The third-order valence-electron chi connectivity index (χ3n) is 8.42. The summed E-state index contributed by atoms with van der Waals surface area (Å²) in [5.41, 5.74) is 6.07. The van der Waals surface area contributed by atoms with Crippen LogP contribution in [0.5, 0.6) is 0 Å². The van der Waals surface area contributed by atoms with Crippen molar-refractivity contribution in [3.63, 3.8) is 0 Å². The molecule has 39 heavy (non-hydrogen) atoms. The van der Waals surface area contributed by atoms with Crippen LogP contribution >= 0.6 is 0 Å². The molecule has 9 nitrogen and oxygen atoms in total. The molecule has 3 aliphatic rings. The molecule has 2 aromatic heterocycles. The third kappa shape index (κ3) is 3.79. The lowest BCUT2D eigenvalue weighted by molar-refractivity contribution is -0.00628. The molecular formula is C29H32N4O5S. The summed E-state index contributed by atoms with van der Waals surface area (Å²) in [5, 5.41) is 11.3. The van der Waals surface area contributed by atoms with Gasteiger partial charge in [0.25, 0.3) is 0 Å². The van der Waals surface area contributed by atoms with Crippen molar-refractivity contribution in [2.24, 2.45) is 0 Å². The van der Waals surface area contributed by atoms with E-state index in [1.807, 2.05) is 44.2 Å². The molecule has 6 rings (SSSR count). The number of aromatic nitrogens is 2. The average molecular weight is 549 g/mol. The number of hydrogen-bond donors (Lipinski definition) is 0. The zero-order valence-electron chi connectivity index (χ0n) is 22.7. The Morgan fingerprint density at radius 2 is 1.87 bits per heavy atom. The summed E-state index contributed by atoms with van der Waals surface area (Å²) in [6.45, 7) is 6.10. The number of methoxy groups -OCH3 is 2. The molecule has 0 N–H and O–H groups in total. The molecule has 1 aromatic carbocycles. The first-order valence-electron chi connectivity index (χ1n) is 13.1. The van der Waals surface area contributed by atoms with E-state index in [1.54, 1.807) is 20.4 Å². The van der Waals surface area contributed by atoms with Gasteiger partial charge in [0.1, 0.15) is 17.4 Å². The van der Waals surface area contributed by atoms with Crippen LogP contribution in [0.3, 0.4) is 0 Å². The molecule has 0 spiro atoms. The average Bonchev–Trinajstić information content (AvgIpc) is 3.48. The Balaban J connectivity index is 1.57. The van der Waals surface area contributed by atoms with E-state index in [1.165, 1.54) is 13.9 Å². The maximum Gasteiger partial charge on any atom is 0.308 e. The Morgan fingerprint density at radius 1 is 1.13 bits per heavy atom. The van der Waals surface area contributed by atoms with Gasteiger partial charge in [-0.15, -0.1) is 0 Å². The fourth-order valence-corrected chi connectivity index (χ4v) is 7.81. The number of benzene rings is 1. The van der Waals surface area contributed by atoms with Gasteiger partial charge in [0.15, 0.2) is 0 Å². The number of nitrogens with zero attached hydrogens (tertiary/aromatic N) is 4. The van der Waals surface area contributed by atoms with Gasteiger partial charge in [-0.1, -0.05) is 23.8 Å². The second kappa shape index (κ2) is 9.38. The molecule has 4 heterocycles. The maximum atomic E-state index is 13.7. The smallest absolute Gasteiger partial charge is 0.308 e. The van der Waals surface area contributed by atoms with Gasteiger partial charge in [0, 0.05) is 67.1 Å². The maximum absolute atomic E-state index is 13.7. The predicted molar refractivity (Wildman–Crippen MR) is 148 cm³/mol. The van der Waals surface area contributed by atoms with Crippen molar-refractivity contribution < 1.29 is 22.6 Å². The number of nitriles is 1. The Labute approximate surface area is 228 Å². The Kier molecular flexibility index (Phi) is 6.23. The van der Waals surface area contributed by atoms with Crippen LogP contribution in [0.1, 0.15) is 36.7 Å². The molecule has 0 bridgehead atoms. The highest BCUT2D eigenvalue weighted by molar-refractivity contribution is 7.87. The van der Waals surface area contributed by atoms with Gasteiger partial charge in [0.2, 0.25) is 0 Å². The minimum atomic E-state index is -3.82. The van der Waals surface area contributed by atoms with Crippen LogP contribution in [0.15, 0.2) is 47.9 Å². The topological polar surface area (TPSA) is 98.7 Å². The van der Waals surface area contributed by atoms with Gasteiger partial charge in [-0.3, -0.25) is 0 Å². The van der Waals surface area contributed by atoms with E-state index in [2.05, 4.69) is 10.6 Å². The van der Waals surface area contributed by atoms with Gasteiger partial charge >= 0.3 is 10.2 Å². The lowest BCUT2D eigenvalue weighted by Crippen LogP contribution is -2.43. The Bertz CT molecular complexity index is 1700. The first-order valence-corrected chi connectivity index (χ1v) is 14.5. The summed E-state index contributed by atoms with van der Waals surface area (Å²) in [4.78, 5) is 0. The van der Waals surface area contributed by atoms with Gasteiger partial charge in [-0.25, -0.2) is 3.97 Å². The van der Waals surface area contributed by atoms with Crippen LogP contribution < -0.4 is 0 Å². The number of allylic oxidation sites excluding steroid dienone is 2. The molecule has 1 unspecified atom stereocenters. The fourth-order valence-electron chi connectivity index (χ4n) is 6.31. The highest BCUT2D eigenvalue weighted by Crippen LogP contribution is 2.47. The number of hydrogen-bond acceptors (Lipinski definition) is 6. The van der Waals surface area contributed by atoms with E-state index >= 15 is 0 Å². The number of fused-ring (bicyclic) bond motifs is 3. The van der Waals surface area contributed by atoms with E-state index in [0.29, 0.717) is 43.8 Å². The van der Waals surface area contributed by atoms with E-state index in [9.17, 15) is 13.7 Å². The highest BCUT2D eigenvalue weighted by Gasteiger charge is 2.40. The molecule has 3 aromatic rings. The quantitative estimate of drug-likeness (QED) is 0.474. The van der Waals surface area contributed by atoms with Crippen LogP contribution in [0.25, 0.3) is 27.6 Å². The third-order valence-corrected chi connectivity index (χ3v) is 10.2. The SMILES string of the molecule is COC1=CC2=C(CCn3c(C)c(-c4cn(S(=O)(=O)N5CCOCC5)c5ccccc45)c(C#N)c32)CC1(C)OC. The largest absolute Gasteiger partial charge is 0.498 e. The monoisotopic (exact) mass is 548 g/mol. The van der Waals surface area contributed by atoms with E-state index in [-0.39, 0.29) is 0 Å². The molecule has 0 saturated carbocycles. The van der Waals surface area contributed by atoms with Gasteiger partial charge in [-0.05, 0) is 32.4 Å². The van der Waals surface area contributed by atoms with E-state index in [4.69, 9.17) is 14.2 Å². The molecule has 1 saturated heterocycles. The molecule has 0 amide bonds. The lowest BCUT2D eigenvalue weighted by atomic mass is 9.81. The van der Waals surface area contributed by atoms with E-state index < -0.39 is 15.8 Å². The van der Waals surface area contributed by atoms with Crippen molar-refractivity contribution in [3.8, 4) is 17.2 Å². The molecule has 204 valence electrons. The number of rotatable bonds is 5. The summed E-state index contributed by atoms with van der Waals surface area (Å²) in [7, 11) is -0.496. The molecule has 0 radical (unpaired) electrons. The van der Waals surface area contributed by atoms with Gasteiger partial charge in [0.05, 0.1) is 37.1 Å². The summed E-state index contributed by atoms with van der Waals surface area (Å²) in [6, 6.07) is 9.95. The zero-order valence-corrected chi connectivity index (χ0v) is 23.5. The molecule has 2 aliphatic heterocycles. The molecule has 1 aliphatic carbocycles. The van der Waals surface area contributed by atoms with Crippen LogP contribution in [0.4, 0.5) is 0 Å². The van der Waals surface area contributed by atoms with Crippen molar-refractivity contribution in [1.82, 2.24) is 12.8 Å². The second-order valence-electron chi connectivity index (χ2n) is 10.4. The van der Waals surface area contributed by atoms with Crippen molar-refractivity contribution in [3.05, 3.63) is 64.8 Å². The van der Waals surface area contributed by atoms with Crippen LogP contribution in [-0.4, -0.2) is 67.4 Å². The minimum Gasteiger partial charge on any atom is -0.498 e. The van der Waals surface area contributed by atoms with E-state index in [0.717, 1.165) is 52.2 Å². The summed E-state index contributed by atoms with van der Waals surface area (Å²) in [5.74, 6) is 0.717. The predicted octanol–water partition coefficient (Wildman–Crippen LogP) is 4.21. The van der Waals surface area contributed by atoms with Crippen LogP contribution in [0, 0.1) is 18.3 Å². The Hall–Kier alpha value is -3.36. The van der Waals surface area contributed by atoms with Crippen molar-refractivity contribution in [2.75, 3.05) is 40.5 Å². The van der Waals surface area contributed by atoms with Crippen molar-refractivity contribution in [1.29, 1.82) is 5.26 Å². The summed E-state index contributed by atoms with van der Waals surface area (Å²) < 4.78 is 49.5. The van der Waals surface area contributed by atoms with Gasteiger partial charge < -0.3 is 18.8 Å². The minimum absolute atomic E-state index is 0.304. The Morgan fingerprint density at radius 3 is 2.56 bits per heavy atom. The highest BCUT2D eigenvalue weighted by atomic mass is 32.2. The zero-order chi connectivity index (χ0) is 27.5. The van der Waals surface area contributed by atoms with Crippen LogP contribution in [0.2, 0.25) is 0 Å². The normalized spacial score (nSPS) is 21.9. The molecular weight excluding hydrogens is 516 g/mol. The number of para-hydroxylation sites is 1. The lowest BCUT2D eigenvalue weighted by Gasteiger charge is -2.37. The number of ether oxygens (including phenoxy) is 3. The molecule has 10 heteroatoms. The summed E-state index contributed by atoms with van der Waals surface area (Å²) >= 11 is 0. The first-order chi connectivity index (χ1) is 18.7. The molecule has 1 atom stereocenters. The standard InChI is InChI=1S/C29H32N4O5S/c1-19-27(23(17-30)28-22-15-26(36-3)29(2,37-4)16-20(22)9-10-32(19)28)24-18-33(25-8-6-5-7-21(24)25)39(34,35)31-11-13-38-14-12-31/h5-8,15,18H,9-14,16H2,1-4H3. The fraction of sp³-hybridized carbons (Fsp3) is 0.414. The van der Waals surface area contributed by atoms with Crippen molar-refractivity contribution in [2.45, 2.75) is 38.8 Å². The van der Waals surface area contributed by atoms with Crippen molar-refractivity contribution >= 4 is 26.7 Å². The first kappa shape index (κ1) is 25.9. The summed E-state index contributed by atoms with van der Waals surface area (Å²) in [6.07, 6.45) is 5.20. The molecule has 1 fully saturated rings. The van der Waals surface area contributed by atoms with Gasteiger partial charge in [-0.2, -0.15) is 18.0 Å². The number of morpholine rings is 1. The van der Waals surface area contributed by atoms with Crippen LogP contribution in [-0.2, 0) is 31.0 Å². The second-order valence-corrected chi connectivity index (χ2v) is 12.2.